The van der Waals surface area contributed by atoms with Crippen LogP contribution in [0.1, 0.15) is 30.4 Å². The minimum atomic E-state index is -0.201. The van der Waals surface area contributed by atoms with E-state index in [-0.39, 0.29) is 54.4 Å². The lowest BCUT2D eigenvalue weighted by atomic mass is 9.63. The van der Waals surface area contributed by atoms with Gasteiger partial charge in [-0.1, -0.05) is 30.4 Å². The van der Waals surface area contributed by atoms with Crippen LogP contribution in [0.15, 0.2) is 30.4 Å². The fourth-order valence-electron chi connectivity index (χ4n) is 4.78. The number of nitrogens with zero attached hydrogens (tertiary/aromatic N) is 1. The second-order valence-electron chi connectivity index (χ2n) is 7.73. The number of fused-ring (bicyclic) bond motifs is 1. The summed E-state index contributed by atoms with van der Waals surface area (Å²) in [6, 6.07) is 5.85. The molecule has 4 atom stereocenters. The largest absolute Gasteiger partial charge is 0.326 e. The molecule has 4 unspecified atom stereocenters. The summed E-state index contributed by atoms with van der Waals surface area (Å²) in [5.41, 5.74) is 2.81. The average Bonchev–Trinajstić information content (AvgIpc) is 2.90. The van der Waals surface area contributed by atoms with Gasteiger partial charge in [-0.25, -0.2) is 0 Å². The topological polar surface area (TPSA) is 66.5 Å². The van der Waals surface area contributed by atoms with E-state index in [1.165, 1.54) is 4.90 Å². The molecule has 3 aliphatic carbocycles. The lowest BCUT2D eigenvalue weighted by Gasteiger charge is -2.38. The number of para-hydroxylation sites is 1. The molecule has 3 amide bonds. The van der Waals surface area contributed by atoms with E-state index in [9.17, 15) is 14.4 Å². The lowest BCUT2D eigenvalue weighted by molar-refractivity contribution is -0.140. The zero-order valence-corrected chi connectivity index (χ0v) is 15.2. The summed E-state index contributed by atoms with van der Waals surface area (Å²) in [7, 11) is 0. The molecule has 0 spiro atoms. The van der Waals surface area contributed by atoms with E-state index < -0.39 is 0 Å². The Balaban J connectivity index is 1.42. The van der Waals surface area contributed by atoms with Gasteiger partial charge in [0.05, 0.1) is 11.8 Å². The number of allylic oxidation sites excluding steroid dienone is 2. The molecule has 1 aromatic rings. The van der Waals surface area contributed by atoms with Crippen molar-refractivity contribution in [2.24, 2.45) is 23.7 Å². The van der Waals surface area contributed by atoms with Gasteiger partial charge in [-0.2, -0.15) is 0 Å². The Morgan fingerprint density at radius 2 is 1.58 bits per heavy atom. The summed E-state index contributed by atoms with van der Waals surface area (Å²) in [6.45, 7) is 4.06. The number of carbonyl (C=O) groups excluding carboxylic acids is 3. The van der Waals surface area contributed by atoms with Crippen molar-refractivity contribution in [3.05, 3.63) is 41.5 Å². The van der Waals surface area contributed by atoms with Gasteiger partial charge in [-0.05, 0) is 49.7 Å². The second-order valence-corrected chi connectivity index (χ2v) is 7.73. The van der Waals surface area contributed by atoms with Crippen molar-refractivity contribution in [2.45, 2.75) is 33.1 Å². The number of amides is 3. The van der Waals surface area contributed by atoms with Crippen LogP contribution in [0.3, 0.4) is 0 Å². The van der Waals surface area contributed by atoms with Gasteiger partial charge in [0, 0.05) is 18.7 Å². The fraction of sp³-hybridized carbons (Fsp3) is 0.476. The Kier molecular flexibility index (Phi) is 4.17. The standard InChI is InChI=1S/C21H24N2O3/c1-12-4-3-5-13(2)19(12)22-16(24)10-11-23-20(25)17-14-6-7-15(9-8-14)18(17)21(23)26/h3-7,14-15,17-18H,8-11H2,1-2H3,(H,22,24). The van der Waals surface area contributed by atoms with E-state index in [0.717, 1.165) is 29.7 Å². The number of rotatable bonds is 4. The predicted octanol–water partition coefficient (Wildman–Crippen LogP) is 2.83. The molecule has 1 heterocycles. The molecule has 0 aromatic heterocycles. The zero-order chi connectivity index (χ0) is 18.4. The number of carbonyl (C=O) groups is 3. The van der Waals surface area contributed by atoms with Gasteiger partial charge in [0.1, 0.15) is 0 Å². The molecule has 5 rings (SSSR count). The average molecular weight is 352 g/mol. The van der Waals surface area contributed by atoms with Crippen molar-refractivity contribution in [3.63, 3.8) is 0 Å². The van der Waals surface area contributed by atoms with Crippen molar-refractivity contribution < 1.29 is 14.4 Å². The monoisotopic (exact) mass is 352 g/mol. The van der Waals surface area contributed by atoms with Gasteiger partial charge < -0.3 is 5.32 Å². The van der Waals surface area contributed by atoms with Crippen LogP contribution >= 0.6 is 0 Å². The first-order valence-electron chi connectivity index (χ1n) is 9.37. The molecule has 1 aliphatic heterocycles. The first-order valence-corrected chi connectivity index (χ1v) is 9.37. The molecule has 1 N–H and O–H groups in total. The highest BCUT2D eigenvalue weighted by Crippen LogP contribution is 2.49. The number of benzene rings is 1. The number of anilines is 1. The van der Waals surface area contributed by atoms with Crippen LogP contribution in [0.2, 0.25) is 0 Å². The highest BCUT2D eigenvalue weighted by molar-refractivity contribution is 6.06. The van der Waals surface area contributed by atoms with E-state index in [1.807, 2.05) is 32.0 Å². The van der Waals surface area contributed by atoms with Gasteiger partial charge in [0.2, 0.25) is 17.7 Å². The summed E-state index contributed by atoms with van der Waals surface area (Å²) >= 11 is 0. The highest BCUT2D eigenvalue weighted by atomic mass is 16.2. The van der Waals surface area contributed by atoms with Gasteiger partial charge in [-0.3, -0.25) is 19.3 Å². The molecule has 1 saturated heterocycles. The van der Waals surface area contributed by atoms with E-state index in [1.54, 1.807) is 0 Å². The van der Waals surface area contributed by atoms with Gasteiger partial charge >= 0.3 is 0 Å². The molecule has 2 fully saturated rings. The minimum Gasteiger partial charge on any atom is -0.326 e. The third-order valence-corrected chi connectivity index (χ3v) is 6.16. The van der Waals surface area contributed by atoms with Crippen molar-refractivity contribution >= 4 is 23.4 Å². The molecule has 2 bridgehead atoms. The van der Waals surface area contributed by atoms with Crippen LogP contribution in [0.4, 0.5) is 5.69 Å². The molecule has 1 saturated carbocycles. The van der Waals surface area contributed by atoms with Crippen molar-refractivity contribution in [3.8, 4) is 0 Å². The summed E-state index contributed by atoms with van der Waals surface area (Å²) in [6.07, 6.45) is 6.33. The smallest absolute Gasteiger partial charge is 0.233 e. The van der Waals surface area contributed by atoms with Crippen molar-refractivity contribution in [1.82, 2.24) is 4.90 Å². The molecule has 136 valence electrons. The molecular weight excluding hydrogens is 328 g/mol. The highest BCUT2D eigenvalue weighted by Gasteiger charge is 2.56. The Bertz CT molecular complexity index is 761. The van der Waals surface area contributed by atoms with Gasteiger partial charge in [0.15, 0.2) is 0 Å². The number of imide groups is 1. The number of likely N-dealkylation sites (tertiary alicyclic amines) is 1. The third kappa shape index (κ3) is 2.66. The Morgan fingerprint density at radius 3 is 2.08 bits per heavy atom. The van der Waals surface area contributed by atoms with Crippen LogP contribution in [0, 0.1) is 37.5 Å². The third-order valence-electron chi connectivity index (χ3n) is 6.16. The molecule has 4 aliphatic rings. The van der Waals surface area contributed by atoms with Gasteiger partial charge in [-0.15, -0.1) is 0 Å². The SMILES string of the molecule is Cc1cccc(C)c1NC(=O)CCN1C(=O)C2C3C=CC(CC3)C2C1=O. The number of hydrogen-bond donors (Lipinski definition) is 1. The first kappa shape index (κ1) is 17.0. The molecule has 5 heteroatoms. The first-order chi connectivity index (χ1) is 12.5. The number of nitrogens with one attached hydrogen (secondary N) is 1. The van der Waals surface area contributed by atoms with Crippen LogP contribution in [0.25, 0.3) is 0 Å². The molecule has 5 nitrogen and oxygen atoms in total. The molecule has 1 aromatic carbocycles. The van der Waals surface area contributed by atoms with Crippen molar-refractivity contribution in [2.75, 3.05) is 11.9 Å². The lowest BCUT2D eigenvalue weighted by Crippen LogP contribution is -2.38. The van der Waals surface area contributed by atoms with Gasteiger partial charge in [0.25, 0.3) is 0 Å². The Morgan fingerprint density at radius 1 is 1.04 bits per heavy atom. The van der Waals surface area contributed by atoms with Crippen LogP contribution in [0.5, 0.6) is 0 Å². The normalized spacial score (nSPS) is 29.2. The van der Waals surface area contributed by atoms with E-state index in [4.69, 9.17) is 0 Å². The Labute approximate surface area is 153 Å². The second kappa shape index (κ2) is 6.38. The fourth-order valence-corrected chi connectivity index (χ4v) is 4.78. The van der Waals surface area contributed by atoms with E-state index in [2.05, 4.69) is 17.5 Å². The molecular formula is C21H24N2O3. The Hall–Kier alpha value is -2.43. The maximum absolute atomic E-state index is 12.8. The van der Waals surface area contributed by atoms with Crippen LogP contribution in [-0.2, 0) is 14.4 Å². The maximum Gasteiger partial charge on any atom is 0.233 e. The quantitative estimate of drug-likeness (QED) is 0.669. The minimum absolute atomic E-state index is 0.0843. The van der Waals surface area contributed by atoms with Crippen molar-refractivity contribution in [1.29, 1.82) is 0 Å². The number of hydrogen-bond acceptors (Lipinski definition) is 3. The van der Waals surface area contributed by atoms with Crippen LogP contribution in [-0.4, -0.2) is 29.2 Å². The summed E-state index contributed by atoms with van der Waals surface area (Å²) in [4.78, 5) is 39.2. The molecule has 0 radical (unpaired) electrons. The predicted molar refractivity (Wildman–Crippen MR) is 98.2 cm³/mol. The maximum atomic E-state index is 12.8. The van der Waals surface area contributed by atoms with Crippen LogP contribution < -0.4 is 5.32 Å². The summed E-state index contributed by atoms with van der Waals surface area (Å²) < 4.78 is 0. The number of aryl methyl sites for hydroxylation is 2. The van der Waals surface area contributed by atoms with E-state index in [0.29, 0.717) is 0 Å². The summed E-state index contributed by atoms with van der Waals surface area (Å²) in [5, 5.41) is 2.92. The van der Waals surface area contributed by atoms with E-state index >= 15 is 0 Å². The zero-order valence-electron chi connectivity index (χ0n) is 15.2. The molecule has 26 heavy (non-hydrogen) atoms. The summed E-state index contributed by atoms with van der Waals surface area (Å²) in [5.74, 6) is -0.359.